The van der Waals surface area contributed by atoms with Crippen LogP contribution < -0.4 is 34.9 Å². The molecular weight excluding hydrogens is 205 g/mol. The van der Waals surface area contributed by atoms with Gasteiger partial charge in [0, 0.05) is 12.6 Å². The Labute approximate surface area is 99.9 Å². The molecule has 2 atom stereocenters. The van der Waals surface area contributed by atoms with Crippen LogP contribution in [0, 0.1) is 0 Å². The van der Waals surface area contributed by atoms with Gasteiger partial charge in [-0.2, -0.15) is 0 Å². The Morgan fingerprint density at radius 2 is 2.15 bits per heavy atom. The second-order valence-corrected chi connectivity index (χ2v) is 4.89. The van der Waals surface area contributed by atoms with E-state index < -0.39 is 15.1 Å². The Kier molecular flexibility index (Phi) is 4.86. The Hall–Kier alpha value is 0.830. The van der Waals surface area contributed by atoms with Crippen LogP contribution in [0.15, 0.2) is 0 Å². The van der Waals surface area contributed by atoms with Gasteiger partial charge in [0.25, 0.3) is 0 Å². The standard InChI is InChI=1S/C6H13NO4S.Na/c1-5-2-3-6(8,4-7-5)12(9,10)11;/h5,7-8H,2-4H2,1H3,(H,9,10,11);/q;+1/p-1. The summed E-state index contributed by atoms with van der Waals surface area (Å²) >= 11 is 0. The van der Waals surface area contributed by atoms with Gasteiger partial charge in [0.2, 0.25) is 0 Å². The van der Waals surface area contributed by atoms with Crippen LogP contribution in [0.25, 0.3) is 0 Å². The van der Waals surface area contributed by atoms with Crippen LogP contribution in [0.1, 0.15) is 19.8 Å². The van der Waals surface area contributed by atoms with Gasteiger partial charge in [-0.1, -0.05) is 0 Å². The van der Waals surface area contributed by atoms with Crippen LogP contribution in [-0.4, -0.2) is 35.6 Å². The first-order chi connectivity index (χ1) is 5.35. The summed E-state index contributed by atoms with van der Waals surface area (Å²) in [4.78, 5) is -2.10. The third-order valence-electron chi connectivity index (χ3n) is 2.16. The van der Waals surface area contributed by atoms with Gasteiger partial charge in [0.1, 0.15) is 10.1 Å². The van der Waals surface area contributed by atoms with Gasteiger partial charge < -0.3 is 15.0 Å². The number of piperidine rings is 1. The molecule has 1 rings (SSSR count). The predicted octanol–water partition coefficient (Wildman–Crippen LogP) is -4.00. The molecule has 2 N–H and O–H groups in total. The zero-order valence-electron chi connectivity index (χ0n) is 7.78. The van der Waals surface area contributed by atoms with E-state index in [2.05, 4.69) is 5.32 Å². The normalized spacial score (nSPS) is 35.2. The predicted molar refractivity (Wildman–Crippen MR) is 41.3 cm³/mol. The fraction of sp³-hybridized carbons (Fsp3) is 1.00. The van der Waals surface area contributed by atoms with Crippen molar-refractivity contribution in [1.29, 1.82) is 0 Å². The summed E-state index contributed by atoms with van der Waals surface area (Å²) in [6.07, 6.45) is 0.519. The second kappa shape index (κ2) is 4.57. The van der Waals surface area contributed by atoms with Gasteiger partial charge in [-0.25, -0.2) is 8.42 Å². The molecule has 1 saturated heterocycles. The van der Waals surface area contributed by atoms with Gasteiger partial charge >= 0.3 is 29.6 Å². The molecule has 72 valence electrons. The summed E-state index contributed by atoms with van der Waals surface area (Å²) in [7, 11) is -4.61. The Morgan fingerprint density at radius 1 is 1.62 bits per heavy atom. The monoisotopic (exact) mass is 217 g/mol. The first-order valence-corrected chi connectivity index (χ1v) is 5.17. The van der Waals surface area contributed by atoms with Crippen molar-refractivity contribution in [3.05, 3.63) is 0 Å². The van der Waals surface area contributed by atoms with Crippen molar-refractivity contribution in [1.82, 2.24) is 5.32 Å². The van der Waals surface area contributed by atoms with Gasteiger partial charge in [0.15, 0.2) is 4.93 Å². The molecule has 1 aliphatic heterocycles. The van der Waals surface area contributed by atoms with E-state index in [1.54, 1.807) is 0 Å². The molecule has 0 bridgehead atoms. The Balaban J connectivity index is 0.00000144. The maximum Gasteiger partial charge on any atom is 1.00 e. The SMILES string of the molecule is CC1CCC(O)(S(=O)(=O)[O-])CN1.[Na+]. The molecule has 1 aliphatic rings. The van der Waals surface area contributed by atoms with Crippen LogP contribution >= 0.6 is 0 Å². The molecule has 0 aliphatic carbocycles. The average molecular weight is 217 g/mol. The van der Waals surface area contributed by atoms with E-state index in [-0.39, 0.29) is 48.6 Å². The molecule has 0 saturated carbocycles. The van der Waals surface area contributed by atoms with Gasteiger partial charge in [0.05, 0.1) is 0 Å². The van der Waals surface area contributed by atoms with Crippen LogP contribution in [0.2, 0.25) is 0 Å². The van der Waals surface area contributed by atoms with E-state index in [1.165, 1.54) is 0 Å². The zero-order valence-corrected chi connectivity index (χ0v) is 10.6. The maximum absolute atomic E-state index is 10.6. The molecule has 5 nitrogen and oxygen atoms in total. The number of aliphatic hydroxyl groups is 1. The molecule has 2 unspecified atom stereocenters. The molecule has 0 aromatic rings. The molecular formula is C6H12NNaO4S. The van der Waals surface area contributed by atoms with Crippen LogP contribution in [0.4, 0.5) is 0 Å². The van der Waals surface area contributed by atoms with Crippen molar-refractivity contribution in [2.45, 2.75) is 30.7 Å². The van der Waals surface area contributed by atoms with E-state index >= 15 is 0 Å². The maximum atomic E-state index is 10.6. The van der Waals surface area contributed by atoms with E-state index in [9.17, 15) is 18.1 Å². The molecule has 13 heavy (non-hydrogen) atoms. The molecule has 0 aromatic carbocycles. The van der Waals surface area contributed by atoms with Crippen molar-refractivity contribution in [3.8, 4) is 0 Å². The largest absolute Gasteiger partial charge is 1.00 e. The van der Waals surface area contributed by atoms with Crippen molar-refractivity contribution in [2.75, 3.05) is 6.54 Å². The van der Waals surface area contributed by atoms with E-state index in [0.29, 0.717) is 6.42 Å². The Bertz CT molecular complexity index is 258. The second-order valence-electron chi connectivity index (χ2n) is 3.22. The quantitative estimate of drug-likeness (QED) is 0.345. The minimum atomic E-state index is -4.61. The van der Waals surface area contributed by atoms with Crippen molar-refractivity contribution < 1.29 is 47.6 Å². The smallest absolute Gasteiger partial charge is 0.746 e. The third kappa shape index (κ3) is 3.16. The van der Waals surface area contributed by atoms with E-state index in [0.717, 1.165) is 0 Å². The molecule has 1 heterocycles. The van der Waals surface area contributed by atoms with E-state index in [1.807, 2.05) is 6.92 Å². The minimum Gasteiger partial charge on any atom is -0.746 e. The van der Waals surface area contributed by atoms with Crippen LogP contribution in [0.3, 0.4) is 0 Å². The molecule has 0 aromatic heterocycles. The van der Waals surface area contributed by atoms with Gasteiger partial charge in [-0.15, -0.1) is 0 Å². The third-order valence-corrected chi connectivity index (χ3v) is 3.44. The summed E-state index contributed by atoms with van der Waals surface area (Å²) in [5.41, 5.74) is 0. The number of rotatable bonds is 1. The topological polar surface area (TPSA) is 89.5 Å². The van der Waals surface area contributed by atoms with Crippen molar-refractivity contribution >= 4 is 10.1 Å². The Morgan fingerprint density at radius 3 is 2.46 bits per heavy atom. The van der Waals surface area contributed by atoms with E-state index in [4.69, 9.17) is 0 Å². The number of hydrogen-bond donors (Lipinski definition) is 2. The summed E-state index contributed by atoms with van der Waals surface area (Å²) in [6.45, 7) is 1.71. The first-order valence-electron chi connectivity index (χ1n) is 3.76. The average Bonchev–Trinajstić information content (AvgIpc) is 1.93. The fourth-order valence-electron chi connectivity index (χ4n) is 1.18. The number of β-amino-alcohol motifs (C(OH)–C–C–N with tert-alkyl or cyclic N) is 1. The van der Waals surface area contributed by atoms with Gasteiger partial charge in [-0.3, -0.25) is 0 Å². The zero-order chi connectivity index (χ0) is 9.41. The van der Waals surface area contributed by atoms with Crippen LogP contribution in [0.5, 0.6) is 0 Å². The molecule has 0 amide bonds. The number of nitrogens with one attached hydrogen (secondary N) is 1. The summed E-state index contributed by atoms with van der Waals surface area (Å²) in [6, 6.07) is 0.159. The van der Waals surface area contributed by atoms with Crippen molar-refractivity contribution in [2.24, 2.45) is 0 Å². The summed E-state index contributed by atoms with van der Waals surface area (Å²) in [5, 5.41) is 12.1. The molecule has 1 fully saturated rings. The van der Waals surface area contributed by atoms with Crippen LogP contribution in [-0.2, 0) is 10.1 Å². The first kappa shape index (κ1) is 13.8. The minimum absolute atomic E-state index is 0. The molecule has 0 spiro atoms. The van der Waals surface area contributed by atoms with Crippen molar-refractivity contribution in [3.63, 3.8) is 0 Å². The summed E-state index contributed by atoms with van der Waals surface area (Å²) in [5.74, 6) is 0. The summed E-state index contributed by atoms with van der Waals surface area (Å²) < 4.78 is 31.7. The molecule has 7 heteroatoms. The number of hydrogen-bond acceptors (Lipinski definition) is 5. The van der Waals surface area contributed by atoms with Gasteiger partial charge in [-0.05, 0) is 19.8 Å². The fourth-order valence-corrected chi connectivity index (χ4v) is 1.81. The molecule has 0 radical (unpaired) electrons.